The SMILES string of the molecule is Cc1cc(C)c(CNC(=O)c2nc(Cl)nc(N3CCCC3C)c2C)c(=O)[nH]1. The van der Waals surface area contributed by atoms with Crippen LogP contribution < -0.4 is 15.8 Å². The normalized spacial score (nSPS) is 16.6. The third-order valence-electron chi connectivity index (χ3n) is 5.05. The largest absolute Gasteiger partial charge is 0.354 e. The van der Waals surface area contributed by atoms with Crippen LogP contribution >= 0.6 is 11.6 Å². The fraction of sp³-hybridized carbons (Fsp3) is 0.474. The molecule has 0 aliphatic carbocycles. The van der Waals surface area contributed by atoms with Crippen LogP contribution in [0.1, 0.15) is 52.6 Å². The highest BCUT2D eigenvalue weighted by Crippen LogP contribution is 2.28. The predicted octanol–water partition coefficient (Wildman–Crippen LogP) is 2.66. The Hall–Kier alpha value is -2.41. The summed E-state index contributed by atoms with van der Waals surface area (Å²) in [4.78, 5) is 38.3. The molecule has 144 valence electrons. The first kappa shape index (κ1) is 19.4. The molecule has 8 heteroatoms. The van der Waals surface area contributed by atoms with E-state index in [9.17, 15) is 9.59 Å². The van der Waals surface area contributed by atoms with E-state index < -0.39 is 0 Å². The van der Waals surface area contributed by atoms with Crippen LogP contribution in [0.4, 0.5) is 5.82 Å². The molecule has 3 rings (SSSR count). The molecule has 1 aliphatic rings. The number of nitrogens with zero attached hydrogens (tertiary/aromatic N) is 3. The summed E-state index contributed by atoms with van der Waals surface area (Å²) in [5, 5.41) is 2.83. The zero-order valence-corrected chi connectivity index (χ0v) is 16.8. The van der Waals surface area contributed by atoms with Gasteiger partial charge in [0.05, 0.1) is 0 Å². The lowest BCUT2D eigenvalue weighted by Gasteiger charge is -2.25. The van der Waals surface area contributed by atoms with Crippen LogP contribution in [0.25, 0.3) is 0 Å². The van der Waals surface area contributed by atoms with E-state index in [2.05, 4.69) is 32.1 Å². The minimum Gasteiger partial charge on any atom is -0.354 e. The summed E-state index contributed by atoms with van der Waals surface area (Å²) in [5.41, 5.74) is 2.89. The average Bonchev–Trinajstić information content (AvgIpc) is 3.01. The first-order valence-electron chi connectivity index (χ1n) is 9.06. The van der Waals surface area contributed by atoms with Crippen molar-refractivity contribution in [2.75, 3.05) is 11.4 Å². The van der Waals surface area contributed by atoms with E-state index in [0.29, 0.717) is 23.0 Å². The quantitative estimate of drug-likeness (QED) is 0.784. The van der Waals surface area contributed by atoms with Crippen LogP contribution in [0.15, 0.2) is 10.9 Å². The molecule has 0 radical (unpaired) electrons. The highest BCUT2D eigenvalue weighted by atomic mass is 35.5. The minimum atomic E-state index is -0.371. The molecule has 0 spiro atoms. The number of anilines is 1. The molecule has 0 aromatic carbocycles. The molecule has 2 N–H and O–H groups in total. The van der Waals surface area contributed by atoms with Crippen molar-refractivity contribution in [3.63, 3.8) is 0 Å². The van der Waals surface area contributed by atoms with Crippen LogP contribution in [0.5, 0.6) is 0 Å². The summed E-state index contributed by atoms with van der Waals surface area (Å²) in [7, 11) is 0. The van der Waals surface area contributed by atoms with Gasteiger partial charge in [-0.2, -0.15) is 0 Å². The van der Waals surface area contributed by atoms with Gasteiger partial charge in [-0.15, -0.1) is 0 Å². The van der Waals surface area contributed by atoms with Crippen molar-refractivity contribution in [1.29, 1.82) is 0 Å². The summed E-state index contributed by atoms with van der Waals surface area (Å²) in [6.45, 7) is 8.64. The molecule has 1 amide bonds. The Morgan fingerprint density at radius 3 is 2.74 bits per heavy atom. The van der Waals surface area contributed by atoms with Gasteiger partial charge in [0.1, 0.15) is 11.5 Å². The van der Waals surface area contributed by atoms with Crippen molar-refractivity contribution in [2.24, 2.45) is 0 Å². The van der Waals surface area contributed by atoms with Crippen molar-refractivity contribution in [2.45, 2.75) is 53.1 Å². The van der Waals surface area contributed by atoms with Crippen LogP contribution in [-0.4, -0.2) is 33.4 Å². The van der Waals surface area contributed by atoms with Crippen molar-refractivity contribution in [3.05, 3.63) is 49.8 Å². The molecule has 1 aliphatic heterocycles. The third kappa shape index (κ3) is 3.98. The van der Waals surface area contributed by atoms with Crippen molar-refractivity contribution >= 4 is 23.3 Å². The zero-order chi connectivity index (χ0) is 19.7. The van der Waals surface area contributed by atoms with E-state index in [4.69, 9.17) is 11.6 Å². The molecule has 1 atom stereocenters. The number of halogens is 1. The van der Waals surface area contributed by atoms with E-state index in [1.807, 2.05) is 26.8 Å². The predicted molar refractivity (Wildman–Crippen MR) is 106 cm³/mol. The Morgan fingerprint density at radius 2 is 2.11 bits per heavy atom. The van der Waals surface area contributed by atoms with Gasteiger partial charge in [0.15, 0.2) is 0 Å². The fourth-order valence-corrected chi connectivity index (χ4v) is 3.75. The maximum Gasteiger partial charge on any atom is 0.270 e. The van der Waals surface area contributed by atoms with E-state index >= 15 is 0 Å². The molecule has 2 aromatic rings. The molecule has 1 fully saturated rings. The lowest BCUT2D eigenvalue weighted by atomic mass is 10.1. The third-order valence-corrected chi connectivity index (χ3v) is 5.22. The van der Waals surface area contributed by atoms with Gasteiger partial charge in [0.2, 0.25) is 5.28 Å². The summed E-state index contributed by atoms with van der Waals surface area (Å²) in [6.07, 6.45) is 2.16. The molecule has 1 unspecified atom stereocenters. The van der Waals surface area contributed by atoms with Gasteiger partial charge in [0, 0.05) is 36.0 Å². The lowest BCUT2D eigenvalue weighted by Crippen LogP contribution is -2.32. The standard InChI is InChI=1S/C19H24ClN5O2/c1-10-8-11(2)22-17(26)14(10)9-21-18(27)15-13(4)16(24-19(20)23-15)25-7-5-6-12(25)3/h8,12H,5-7,9H2,1-4H3,(H,21,27)(H,22,26). The van der Waals surface area contributed by atoms with Gasteiger partial charge in [-0.3, -0.25) is 9.59 Å². The molecule has 27 heavy (non-hydrogen) atoms. The number of rotatable bonds is 4. The summed E-state index contributed by atoms with van der Waals surface area (Å²) in [5.74, 6) is 0.332. The van der Waals surface area contributed by atoms with E-state index in [0.717, 1.165) is 30.6 Å². The number of nitrogens with one attached hydrogen (secondary N) is 2. The van der Waals surface area contributed by atoms with Crippen LogP contribution in [0.2, 0.25) is 5.28 Å². The number of hydrogen-bond donors (Lipinski definition) is 2. The highest BCUT2D eigenvalue weighted by Gasteiger charge is 2.26. The maximum absolute atomic E-state index is 12.7. The number of amides is 1. The van der Waals surface area contributed by atoms with E-state index in [1.165, 1.54) is 0 Å². The van der Waals surface area contributed by atoms with Gasteiger partial charge in [-0.05, 0) is 63.8 Å². The van der Waals surface area contributed by atoms with Crippen LogP contribution in [0, 0.1) is 20.8 Å². The Labute approximate surface area is 163 Å². The first-order valence-corrected chi connectivity index (χ1v) is 9.44. The number of aromatic nitrogens is 3. The van der Waals surface area contributed by atoms with Gasteiger partial charge in [-0.25, -0.2) is 9.97 Å². The molecular formula is C19H24ClN5O2. The number of carbonyl (C=O) groups excluding carboxylic acids is 1. The molecule has 3 heterocycles. The average molecular weight is 390 g/mol. The second-order valence-electron chi connectivity index (χ2n) is 7.10. The molecule has 0 saturated carbocycles. The van der Waals surface area contributed by atoms with E-state index in [1.54, 1.807) is 0 Å². The minimum absolute atomic E-state index is 0.0456. The Balaban J connectivity index is 1.85. The van der Waals surface area contributed by atoms with Crippen LogP contribution in [-0.2, 0) is 6.54 Å². The van der Waals surface area contributed by atoms with Crippen molar-refractivity contribution in [1.82, 2.24) is 20.3 Å². The number of aryl methyl sites for hydroxylation is 2. The van der Waals surface area contributed by atoms with Crippen LogP contribution in [0.3, 0.4) is 0 Å². The number of H-pyrrole nitrogens is 1. The van der Waals surface area contributed by atoms with E-state index in [-0.39, 0.29) is 29.0 Å². The number of hydrogen-bond acceptors (Lipinski definition) is 5. The summed E-state index contributed by atoms with van der Waals surface area (Å²) >= 11 is 6.09. The lowest BCUT2D eigenvalue weighted by molar-refractivity contribution is 0.0945. The smallest absolute Gasteiger partial charge is 0.270 e. The topological polar surface area (TPSA) is 91.0 Å². The van der Waals surface area contributed by atoms with Crippen molar-refractivity contribution in [3.8, 4) is 0 Å². The molecule has 1 saturated heterocycles. The molecule has 2 aromatic heterocycles. The molecular weight excluding hydrogens is 366 g/mol. The first-order chi connectivity index (χ1) is 12.8. The van der Waals surface area contributed by atoms with Crippen molar-refractivity contribution < 1.29 is 4.79 Å². The summed E-state index contributed by atoms with van der Waals surface area (Å²) in [6, 6.07) is 2.22. The van der Waals surface area contributed by atoms with Gasteiger partial charge >= 0.3 is 0 Å². The Morgan fingerprint density at radius 1 is 1.37 bits per heavy atom. The monoisotopic (exact) mass is 389 g/mol. The number of pyridine rings is 1. The maximum atomic E-state index is 12.7. The highest BCUT2D eigenvalue weighted by molar-refractivity contribution is 6.28. The Kier molecular flexibility index (Phi) is 5.51. The second-order valence-corrected chi connectivity index (χ2v) is 7.44. The van der Waals surface area contributed by atoms with Gasteiger partial charge in [0.25, 0.3) is 11.5 Å². The Bertz CT molecular complexity index is 940. The molecule has 0 bridgehead atoms. The van der Waals surface area contributed by atoms with Gasteiger partial charge < -0.3 is 15.2 Å². The second kappa shape index (κ2) is 7.68. The zero-order valence-electron chi connectivity index (χ0n) is 16.0. The fourth-order valence-electron chi connectivity index (χ4n) is 3.58. The molecule has 7 nitrogen and oxygen atoms in total. The van der Waals surface area contributed by atoms with Gasteiger partial charge in [-0.1, -0.05) is 0 Å². The number of carbonyl (C=O) groups is 1. The summed E-state index contributed by atoms with van der Waals surface area (Å²) < 4.78 is 0. The number of aromatic amines is 1.